The Hall–Kier alpha value is -1.57. The number of hydrogen-bond donors (Lipinski definition) is 2. The van der Waals surface area contributed by atoms with E-state index < -0.39 is 5.54 Å². The van der Waals surface area contributed by atoms with Crippen LogP contribution in [0.4, 0.5) is 0 Å². The third kappa shape index (κ3) is 5.10. The Morgan fingerprint density at radius 3 is 2.58 bits per heavy atom. The first kappa shape index (κ1) is 25.7. The molecule has 0 saturated carbocycles. The molecule has 1 aromatic carbocycles. The third-order valence-corrected chi connectivity index (χ3v) is 6.49. The van der Waals surface area contributed by atoms with Crippen molar-refractivity contribution in [2.45, 2.75) is 18.4 Å². The lowest BCUT2D eigenvalue weighted by Crippen LogP contribution is -2.50. The smallest absolute Gasteiger partial charge is 0.236 e. The van der Waals surface area contributed by atoms with E-state index in [1.165, 1.54) is 0 Å². The van der Waals surface area contributed by atoms with Gasteiger partial charge in [-0.3, -0.25) is 14.8 Å². The van der Waals surface area contributed by atoms with E-state index in [4.69, 9.17) is 33.9 Å². The second-order valence-electron chi connectivity index (χ2n) is 7.48. The Kier molecular flexibility index (Phi) is 8.98. The normalized spacial score (nSPS) is 22.6. The average Bonchev–Trinajstić information content (AvgIpc) is 3.22. The van der Waals surface area contributed by atoms with Crippen LogP contribution in [-0.2, 0) is 10.3 Å². The molecule has 1 amide bonds. The average molecular weight is 505 g/mol. The molecule has 3 N–H and O–H groups in total. The Morgan fingerprint density at radius 1 is 1.16 bits per heavy atom. The van der Waals surface area contributed by atoms with Crippen molar-refractivity contribution in [3.05, 3.63) is 63.9 Å². The lowest BCUT2D eigenvalue weighted by molar-refractivity contribution is -0.130. The molecule has 2 atom stereocenters. The standard InChI is InChI=1S/C21H23Cl2N5O.2ClH/c22-17-4-3-16(10-18(17)23)21(15-5-7-25-8-6-15)13-26-20(27-21)14-2-1-9-28(12-14)19(29)11-24;;/h3-8,10,14H,1-2,9,11-13,24H2,(H,26,27);2*1H. The molecular formula is C21H25Cl4N5O. The molecule has 4 rings (SSSR count). The zero-order valence-corrected chi connectivity index (χ0v) is 19.9. The summed E-state index contributed by atoms with van der Waals surface area (Å²) in [4.78, 5) is 22.9. The van der Waals surface area contributed by atoms with E-state index in [1.807, 2.05) is 35.2 Å². The molecule has 6 nitrogen and oxygen atoms in total. The molecular weight excluding hydrogens is 480 g/mol. The van der Waals surface area contributed by atoms with Crippen LogP contribution in [0.2, 0.25) is 10.0 Å². The van der Waals surface area contributed by atoms with Crippen molar-refractivity contribution >= 4 is 59.8 Å². The van der Waals surface area contributed by atoms with Crippen molar-refractivity contribution in [3.63, 3.8) is 0 Å². The summed E-state index contributed by atoms with van der Waals surface area (Å²) >= 11 is 12.5. The zero-order chi connectivity index (χ0) is 20.4. The number of halogens is 4. The highest BCUT2D eigenvalue weighted by Crippen LogP contribution is 2.37. The van der Waals surface area contributed by atoms with E-state index in [-0.39, 0.29) is 43.2 Å². The molecule has 1 aromatic heterocycles. The number of benzene rings is 1. The van der Waals surface area contributed by atoms with E-state index in [1.54, 1.807) is 12.4 Å². The van der Waals surface area contributed by atoms with Crippen LogP contribution in [0, 0.1) is 5.92 Å². The zero-order valence-electron chi connectivity index (χ0n) is 16.8. The minimum atomic E-state index is -0.549. The summed E-state index contributed by atoms with van der Waals surface area (Å²) in [6.07, 6.45) is 5.47. The molecule has 0 bridgehead atoms. The highest BCUT2D eigenvalue weighted by Gasteiger charge is 2.42. The van der Waals surface area contributed by atoms with Crippen LogP contribution in [0.3, 0.4) is 0 Å². The van der Waals surface area contributed by atoms with Crippen molar-refractivity contribution in [1.29, 1.82) is 0 Å². The first-order valence-electron chi connectivity index (χ1n) is 9.70. The number of aromatic nitrogens is 1. The van der Waals surface area contributed by atoms with E-state index in [0.717, 1.165) is 36.3 Å². The Balaban J connectivity index is 0.00000171. The van der Waals surface area contributed by atoms with Crippen LogP contribution in [0.1, 0.15) is 24.0 Å². The Bertz CT molecular complexity index is 943. The van der Waals surface area contributed by atoms with Gasteiger partial charge in [-0.25, -0.2) is 0 Å². The lowest BCUT2D eigenvalue weighted by Gasteiger charge is -2.35. The predicted octanol–water partition coefficient (Wildman–Crippen LogP) is 3.67. The van der Waals surface area contributed by atoms with Crippen molar-refractivity contribution in [2.24, 2.45) is 16.6 Å². The largest absolute Gasteiger partial charge is 0.358 e. The SMILES string of the molecule is Cl.Cl.NCC(=O)N1CCCC(C2=NCC(c3ccncc3)(c3ccc(Cl)c(Cl)c3)N2)C1. The van der Waals surface area contributed by atoms with Crippen LogP contribution < -0.4 is 11.1 Å². The molecule has 0 spiro atoms. The van der Waals surface area contributed by atoms with E-state index in [0.29, 0.717) is 23.1 Å². The number of aliphatic imine (C=N–C) groups is 1. The van der Waals surface area contributed by atoms with E-state index in [9.17, 15) is 4.79 Å². The summed E-state index contributed by atoms with van der Waals surface area (Å²) in [7, 11) is 0. The van der Waals surface area contributed by atoms with Crippen molar-refractivity contribution < 1.29 is 4.79 Å². The number of nitrogens with two attached hydrogens (primary N) is 1. The molecule has 0 aliphatic carbocycles. The molecule has 0 radical (unpaired) electrons. The summed E-state index contributed by atoms with van der Waals surface area (Å²) in [5, 5.41) is 4.70. The van der Waals surface area contributed by atoms with Gasteiger partial charge in [-0.1, -0.05) is 29.3 Å². The summed E-state index contributed by atoms with van der Waals surface area (Å²) in [5.41, 5.74) is 7.05. The molecule has 2 aliphatic heterocycles. The van der Waals surface area contributed by atoms with Gasteiger partial charge in [-0.2, -0.15) is 0 Å². The molecule has 2 unspecified atom stereocenters. The van der Waals surface area contributed by atoms with Gasteiger partial charge >= 0.3 is 0 Å². The predicted molar refractivity (Wildman–Crippen MR) is 130 cm³/mol. The topological polar surface area (TPSA) is 83.6 Å². The van der Waals surface area contributed by atoms with Gasteiger partial charge in [0.1, 0.15) is 11.4 Å². The third-order valence-electron chi connectivity index (χ3n) is 5.75. The highest BCUT2D eigenvalue weighted by atomic mass is 35.5. The molecule has 3 heterocycles. The molecule has 2 aromatic rings. The maximum absolute atomic E-state index is 12.1. The minimum absolute atomic E-state index is 0. The van der Waals surface area contributed by atoms with Crippen LogP contribution in [0.5, 0.6) is 0 Å². The highest BCUT2D eigenvalue weighted by molar-refractivity contribution is 6.42. The maximum atomic E-state index is 12.1. The van der Waals surface area contributed by atoms with Gasteiger partial charge in [-0.15, -0.1) is 24.8 Å². The molecule has 1 saturated heterocycles. The fourth-order valence-electron chi connectivity index (χ4n) is 4.18. The van der Waals surface area contributed by atoms with Gasteiger partial charge in [0.15, 0.2) is 0 Å². The minimum Gasteiger partial charge on any atom is -0.358 e. The van der Waals surface area contributed by atoms with Gasteiger partial charge in [-0.05, 0) is 48.2 Å². The van der Waals surface area contributed by atoms with Gasteiger partial charge in [0.05, 0.1) is 23.1 Å². The summed E-state index contributed by atoms with van der Waals surface area (Å²) in [6.45, 7) is 1.96. The summed E-state index contributed by atoms with van der Waals surface area (Å²) < 4.78 is 0. The van der Waals surface area contributed by atoms with Gasteiger partial charge < -0.3 is 16.0 Å². The fraction of sp³-hybridized carbons (Fsp3) is 0.381. The molecule has 10 heteroatoms. The number of carbonyl (C=O) groups is 1. The second-order valence-corrected chi connectivity index (χ2v) is 8.29. The Labute approximate surface area is 204 Å². The lowest BCUT2D eigenvalue weighted by atomic mass is 9.83. The Morgan fingerprint density at radius 2 is 1.90 bits per heavy atom. The monoisotopic (exact) mass is 503 g/mol. The van der Waals surface area contributed by atoms with Crippen molar-refractivity contribution in [3.8, 4) is 0 Å². The van der Waals surface area contributed by atoms with Gasteiger partial charge in [0.2, 0.25) is 5.91 Å². The number of nitrogens with zero attached hydrogens (tertiary/aromatic N) is 3. The number of rotatable bonds is 4. The number of amidine groups is 1. The number of hydrogen-bond acceptors (Lipinski definition) is 5. The number of pyridine rings is 1. The molecule has 168 valence electrons. The van der Waals surface area contributed by atoms with E-state index >= 15 is 0 Å². The van der Waals surface area contributed by atoms with Crippen LogP contribution >= 0.6 is 48.0 Å². The van der Waals surface area contributed by atoms with Crippen molar-refractivity contribution in [1.82, 2.24) is 15.2 Å². The van der Waals surface area contributed by atoms with E-state index in [2.05, 4.69) is 10.3 Å². The number of likely N-dealkylation sites (tertiary alicyclic amines) is 1. The first-order valence-corrected chi connectivity index (χ1v) is 10.5. The summed E-state index contributed by atoms with van der Waals surface area (Å²) in [6, 6.07) is 9.65. The van der Waals surface area contributed by atoms with Gasteiger partial charge in [0.25, 0.3) is 0 Å². The van der Waals surface area contributed by atoms with Crippen LogP contribution in [0.15, 0.2) is 47.7 Å². The number of nitrogens with one attached hydrogen (secondary N) is 1. The first-order chi connectivity index (χ1) is 14.0. The number of amides is 1. The number of carbonyl (C=O) groups excluding carboxylic acids is 1. The maximum Gasteiger partial charge on any atom is 0.236 e. The molecule has 31 heavy (non-hydrogen) atoms. The number of piperidine rings is 1. The van der Waals surface area contributed by atoms with Crippen LogP contribution in [0.25, 0.3) is 0 Å². The second kappa shape index (κ2) is 10.8. The quantitative estimate of drug-likeness (QED) is 0.665. The van der Waals surface area contributed by atoms with Crippen molar-refractivity contribution in [2.75, 3.05) is 26.2 Å². The molecule has 2 aliphatic rings. The van der Waals surface area contributed by atoms with Gasteiger partial charge in [0, 0.05) is 31.4 Å². The molecule has 1 fully saturated rings. The summed E-state index contributed by atoms with van der Waals surface area (Å²) in [5.74, 6) is 1.06. The fourth-order valence-corrected chi connectivity index (χ4v) is 4.48. The van der Waals surface area contributed by atoms with Crippen LogP contribution in [-0.4, -0.2) is 47.8 Å².